The van der Waals surface area contributed by atoms with E-state index in [0.29, 0.717) is 29.5 Å². The zero-order chi connectivity index (χ0) is 21.3. The first kappa shape index (κ1) is 21.8. The van der Waals surface area contributed by atoms with Crippen molar-refractivity contribution in [3.8, 4) is 5.75 Å². The van der Waals surface area contributed by atoms with Gasteiger partial charge in [0.1, 0.15) is 5.75 Å². The molecule has 0 spiro atoms. The number of nitrogens with one attached hydrogen (secondary N) is 2. The minimum atomic E-state index is -0.319. The molecule has 2 aromatic rings. The molecular weight excluding hydrogens is 380 g/mol. The fourth-order valence-electron chi connectivity index (χ4n) is 3.36. The number of anilines is 1. The lowest BCUT2D eigenvalue weighted by atomic mass is 9.99. The second-order valence-electron chi connectivity index (χ2n) is 7.61. The van der Waals surface area contributed by atoms with Crippen LogP contribution < -0.4 is 15.4 Å². The summed E-state index contributed by atoms with van der Waals surface area (Å²) >= 11 is 0. The fraction of sp³-hybridized carbons (Fsp3) is 0.417. The smallest absolute Gasteiger partial charge is 0.262 e. The van der Waals surface area contributed by atoms with Gasteiger partial charge in [-0.2, -0.15) is 0 Å². The van der Waals surface area contributed by atoms with Crippen LogP contribution in [0.25, 0.3) is 0 Å². The van der Waals surface area contributed by atoms with Crippen molar-refractivity contribution in [2.24, 2.45) is 0 Å². The summed E-state index contributed by atoms with van der Waals surface area (Å²) in [6.45, 7) is 5.41. The number of benzene rings is 2. The van der Waals surface area contributed by atoms with E-state index in [4.69, 9.17) is 9.47 Å². The third-order valence-corrected chi connectivity index (χ3v) is 5.39. The van der Waals surface area contributed by atoms with Gasteiger partial charge < -0.3 is 20.1 Å². The molecule has 1 saturated heterocycles. The SMILES string of the molecule is CC[C@@H](C)c1ccc(OCC(=O)Nc2ccccc2C(=O)NC[C@@H]2CCCO2)cc1. The Labute approximate surface area is 178 Å². The monoisotopic (exact) mass is 410 g/mol. The summed E-state index contributed by atoms with van der Waals surface area (Å²) in [5.74, 6) is 0.577. The minimum absolute atomic E-state index is 0.0656. The fourth-order valence-corrected chi connectivity index (χ4v) is 3.36. The highest BCUT2D eigenvalue weighted by atomic mass is 16.5. The Hall–Kier alpha value is -2.86. The third kappa shape index (κ3) is 6.07. The van der Waals surface area contributed by atoms with Crippen molar-refractivity contribution in [2.75, 3.05) is 25.1 Å². The molecule has 0 bridgehead atoms. The number of amides is 2. The molecule has 6 nitrogen and oxygen atoms in total. The molecule has 3 rings (SSSR count). The van der Waals surface area contributed by atoms with E-state index in [9.17, 15) is 9.59 Å². The van der Waals surface area contributed by atoms with Gasteiger partial charge in [0, 0.05) is 13.2 Å². The van der Waals surface area contributed by atoms with Gasteiger partial charge in [-0.15, -0.1) is 0 Å². The lowest BCUT2D eigenvalue weighted by molar-refractivity contribution is -0.118. The molecular formula is C24H30N2O4. The van der Waals surface area contributed by atoms with Crippen molar-refractivity contribution in [1.29, 1.82) is 0 Å². The zero-order valence-electron chi connectivity index (χ0n) is 17.6. The normalized spacial score (nSPS) is 16.7. The molecule has 0 aliphatic carbocycles. The second kappa shape index (κ2) is 10.8. The van der Waals surface area contributed by atoms with Gasteiger partial charge in [-0.05, 0) is 55.0 Å². The highest BCUT2D eigenvalue weighted by molar-refractivity contribution is 6.04. The van der Waals surface area contributed by atoms with Crippen LogP contribution in [-0.2, 0) is 9.53 Å². The average molecular weight is 411 g/mol. The van der Waals surface area contributed by atoms with E-state index in [1.165, 1.54) is 5.56 Å². The predicted octanol–water partition coefficient (Wildman–Crippen LogP) is 4.13. The molecule has 1 heterocycles. The van der Waals surface area contributed by atoms with Gasteiger partial charge in [0.2, 0.25) is 0 Å². The minimum Gasteiger partial charge on any atom is -0.484 e. The summed E-state index contributed by atoms with van der Waals surface area (Å²) < 4.78 is 11.1. The standard InChI is InChI=1S/C24H30N2O4/c1-3-17(2)18-10-12-19(13-11-18)30-16-23(27)26-22-9-5-4-8-21(22)24(28)25-15-20-7-6-14-29-20/h4-5,8-13,17,20H,3,6-7,14-16H2,1-2H3,(H,25,28)(H,26,27)/t17-,20+/m1/s1. The van der Waals surface area contributed by atoms with E-state index in [-0.39, 0.29) is 24.5 Å². The summed E-state index contributed by atoms with van der Waals surface area (Å²) in [5.41, 5.74) is 2.13. The van der Waals surface area contributed by atoms with Gasteiger partial charge in [-0.1, -0.05) is 38.1 Å². The Morgan fingerprint density at radius 3 is 2.63 bits per heavy atom. The second-order valence-corrected chi connectivity index (χ2v) is 7.61. The van der Waals surface area contributed by atoms with Crippen molar-refractivity contribution in [1.82, 2.24) is 5.32 Å². The first-order valence-electron chi connectivity index (χ1n) is 10.6. The van der Waals surface area contributed by atoms with Crippen LogP contribution in [0, 0.1) is 0 Å². The number of carbonyl (C=O) groups excluding carboxylic acids is 2. The molecule has 1 aliphatic rings. The van der Waals surface area contributed by atoms with E-state index in [2.05, 4.69) is 24.5 Å². The first-order chi connectivity index (χ1) is 14.6. The Morgan fingerprint density at radius 2 is 1.93 bits per heavy atom. The molecule has 30 heavy (non-hydrogen) atoms. The van der Waals surface area contributed by atoms with Crippen LogP contribution in [0.1, 0.15) is 54.9 Å². The number of hydrogen-bond acceptors (Lipinski definition) is 4. The van der Waals surface area contributed by atoms with Crippen LogP contribution in [-0.4, -0.2) is 37.7 Å². The van der Waals surface area contributed by atoms with Crippen LogP contribution in [0.3, 0.4) is 0 Å². The maximum Gasteiger partial charge on any atom is 0.262 e. The highest BCUT2D eigenvalue weighted by Gasteiger charge is 2.18. The van der Waals surface area contributed by atoms with E-state index in [0.717, 1.165) is 25.9 Å². The van der Waals surface area contributed by atoms with Crippen molar-refractivity contribution in [3.05, 3.63) is 59.7 Å². The molecule has 1 aliphatic heterocycles. The Bertz CT molecular complexity index is 845. The van der Waals surface area contributed by atoms with Gasteiger partial charge in [0.25, 0.3) is 11.8 Å². The van der Waals surface area contributed by atoms with Gasteiger partial charge in [0.15, 0.2) is 6.61 Å². The predicted molar refractivity (Wildman–Crippen MR) is 117 cm³/mol. The largest absolute Gasteiger partial charge is 0.484 e. The van der Waals surface area contributed by atoms with Crippen LogP contribution in [0.5, 0.6) is 5.75 Å². The molecule has 0 radical (unpaired) electrons. The van der Waals surface area contributed by atoms with Gasteiger partial charge in [-0.25, -0.2) is 0 Å². The molecule has 2 amide bonds. The highest BCUT2D eigenvalue weighted by Crippen LogP contribution is 2.21. The van der Waals surface area contributed by atoms with E-state index in [1.807, 2.05) is 24.3 Å². The van der Waals surface area contributed by atoms with Crippen LogP contribution in [0.15, 0.2) is 48.5 Å². The third-order valence-electron chi connectivity index (χ3n) is 5.39. The molecule has 0 unspecified atom stereocenters. The van der Waals surface area contributed by atoms with Gasteiger partial charge in [0.05, 0.1) is 17.4 Å². The van der Waals surface area contributed by atoms with E-state index in [1.54, 1.807) is 24.3 Å². The van der Waals surface area contributed by atoms with Gasteiger partial charge >= 0.3 is 0 Å². The Balaban J connectivity index is 1.52. The molecule has 0 aromatic heterocycles. The number of ether oxygens (including phenoxy) is 2. The van der Waals surface area contributed by atoms with Crippen molar-refractivity contribution < 1.29 is 19.1 Å². The van der Waals surface area contributed by atoms with Crippen molar-refractivity contribution in [3.63, 3.8) is 0 Å². The Morgan fingerprint density at radius 1 is 1.17 bits per heavy atom. The van der Waals surface area contributed by atoms with Crippen molar-refractivity contribution in [2.45, 2.75) is 45.1 Å². The summed E-state index contributed by atoms with van der Waals surface area (Å²) in [7, 11) is 0. The Kier molecular flexibility index (Phi) is 7.85. The maximum atomic E-state index is 12.5. The molecule has 2 aromatic carbocycles. The van der Waals surface area contributed by atoms with Crippen LogP contribution >= 0.6 is 0 Å². The molecule has 0 saturated carbocycles. The van der Waals surface area contributed by atoms with E-state index >= 15 is 0 Å². The summed E-state index contributed by atoms with van der Waals surface area (Å²) in [6, 6.07) is 14.7. The molecule has 2 atom stereocenters. The number of para-hydroxylation sites is 1. The molecule has 1 fully saturated rings. The van der Waals surface area contributed by atoms with Crippen LogP contribution in [0.2, 0.25) is 0 Å². The van der Waals surface area contributed by atoms with Crippen LogP contribution in [0.4, 0.5) is 5.69 Å². The molecule has 2 N–H and O–H groups in total. The number of hydrogen-bond donors (Lipinski definition) is 2. The lowest BCUT2D eigenvalue weighted by Gasteiger charge is -2.14. The quantitative estimate of drug-likeness (QED) is 0.652. The maximum absolute atomic E-state index is 12.5. The summed E-state index contributed by atoms with van der Waals surface area (Å²) in [5, 5.41) is 5.66. The first-order valence-corrected chi connectivity index (χ1v) is 10.6. The lowest BCUT2D eigenvalue weighted by Crippen LogP contribution is -2.32. The number of rotatable bonds is 9. The van der Waals surface area contributed by atoms with E-state index < -0.39 is 0 Å². The van der Waals surface area contributed by atoms with Gasteiger partial charge in [-0.3, -0.25) is 9.59 Å². The number of carbonyl (C=O) groups is 2. The summed E-state index contributed by atoms with van der Waals surface area (Å²) in [4.78, 5) is 24.9. The van der Waals surface area contributed by atoms with Crippen molar-refractivity contribution >= 4 is 17.5 Å². The zero-order valence-corrected chi connectivity index (χ0v) is 17.6. The molecule has 6 heteroatoms. The summed E-state index contributed by atoms with van der Waals surface area (Å²) in [6.07, 6.45) is 3.11. The topological polar surface area (TPSA) is 76.7 Å². The molecule has 160 valence electrons. The average Bonchev–Trinajstić information content (AvgIpc) is 3.30.